The summed E-state index contributed by atoms with van der Waals surface area (Å²) in [7, 11) is 0. The lowest BCUT2D eigenvalue weighted by Gasteiger charge is -2.17. The molecule has 112 valence electrons. The van der Waals surface area contributed by atoms with Crippen LogP contribution in [0.1, 0.15) is 36.9 Å². The van der Waals surface area contributed by atoms with Crippen LogP contribution in [0.25, 0.3) is 10.9 Å². The van der Waals surface area contributed by atoms with E-state index in [4.69, 9.17) is 0 Å². The van der Waals surface area contributed by atoms with E-state index in [2.05, 4.69) is 10.3 Å². The third kappa shape index (κ3) is 2.75. The van der Waals surface area contributed by atoms with E-state index in [1.807, 2.05) is 74.6 Å². The van der Waals surface area contributed by atoms with E-state index < -0.39 is 0 Å². The van der Waals surface area contributed by atoms with Crippen molar-refractivity contribution in [3.8, 4) is 0 Å². The summed E-state index contributed by atoms with van der Waals surface area (Å²) in [5.41, 5.74) is 3.21. The highest BCUT2D eigenvalue weighted by molar-refractivity contribution is 5.91. The van der Waals surface area contributed by atoms with Gasteiger partial charge in [-0.3, -0.25) is 4.79 Å². The normalized spacial score (nSPS) is 13.7. The molecule has 0 spiro atoms. The highest BCUT2D eigenvalue weighted by Gasteiger charge is 2.20. The summed E-state index contributed by atoms with van der Waals surface area (Å²) >= 11 is 0. The number of carbonyl (C=O) groups excluding carboxylic acids is 1. The summed E-state index contributed by atoms with van der Waals surface area (Å²) in [5.74, 6) is -0.150. The molecule has 22 heavy (non-hydrogen) atoms. The van der Waals surface area contributed by atoms with Crippen molar-refractivity contribution in [3.63, 3.8) is 0 Å². The van der Waals surface area contributed by atoms with E-state index in [-0.39, 0.29) is 17.9 Å². The van der Waals surface area contributed by atoms with Crippen molar-refractivity contribution in [1.29, 1.82) is 0 Å². The number of nitrogens with one attached hydrogen (secondary N) is 2. The van der Waals surface area contributed by atoms with Crippen LogP contribution in [0, 0.1) is 0 Å². The molecule has 0 fully saturated rings. The molecule has 2 unspecified atom stereocenters. The van der Waals surface area contributed by atoms with Gasteiger partial charge < -0.3 is 10.3 Å². The predicted octanol–water partition coefficient (Wildman–Crippen LogP) is 4.15. The molecule has 0 saturated carbocycles. The highest BCUT2D eigenvalue weighted by Crippen LogP contribution is 2.26. The minimum absolute atomic E-state index is 0.00126. The summed E-state index contributed by atoms with van der Waals surface area (Å²) in [6, 6.07) is 18.1. The molecule has 0 aliphatic carbocycles. The van der Waals surface area contributed by atoms with Gasteiger partial charge in [0, 0.05) is 17.1 Å². The van der Waals surface area contributed by atoms with Crippen molar-refractivity contribution in [2.24, 2.45) is 0 Å². The maximum absolute atomic E-state index is 12.5. The lowest BCUT2D eigenvalue weighted by Crippen LogP contribution is -2.30. The van der Waals surface area contributed by atoms with Crippen LogP contribution in [0.4, 0.5) is 0 Å². The summed E-state index contributed by atoms with van der Waals surface area (Å²) < 4.78 is 0. The van der Waals surface area contributed by atoms with Crippen LogP contribution in [0.3, 0.4) is 0 Å². The van der Waals surface area contributed by atoms with Crippen molar-refractivity contribution >= 4 is 16.8 Å². The molecule has 1 aromatic heterocycles. The van der Waals surface area contributed by atoms with E-state index in [1.165, 1.54) is 0 Å². The number of hydrogen-bond acceptors (Lipinski definition) is 1. The zero-order chi connectivity index (χ0) is 15.5. The Bertz CT molecular complexity index is 776. The minimum atomic E-state index is -0.192. The minimum Gasteiger partial charge on any atom is -0.361 e. The number of fused-ring (bicyclic) bond motifs is 1. The second-order valence-corrected chi connectivity index (χ2v) is 5.65. The molecule has 0 saturated heterocycles. The first-order valence-electron chi connectivity index (χ1n) is 7.58. The van der Waals surface area contributed by atoms with Crippen LogP contribution in [0.15, 0.2) is 60.8 Å². The standard InChI is InChI=1S/C19H20N2O/c1-13(17-12-20-18-11-7-6-10-16(17)18)19(22)21-14(2)15-8-4-3-5-9-15/h3-14,20H,1-2H3,(H,21,22). The molecule has 0 aliphatic heterocycles. The van der Waals surface area contributed by atoms with Crippen molar-refractivity contribution in [2.75, 3.05) is 0 Å². The number of H-pyrrole nitrogens is 1. The number of hydrogen-bond donors (Lipinski definition) is 2. The topological polar surface area (TPSA) is 44.9 Å². The van der Waals surface area contributed by atoms with Gasteiger partial charge in [-0.1, -0.05) is 48.5 Å². The van der Waals surface area contributed by atoms with E-state index in [0.717, 1.165) is 22.0 Å². The molecule has 2 aromatic carbocycles. The molecule has 3 heteroatoms. The van der Waals surface area contributed by atoms with Crippen LogP contribution in [0.2, 0.25) is 0 Å². The van der Waals surface area contributed by atoms with Gasteiger partial charge in [0.25, 0.3) is 0 Å². The molecule has 1 heterocycles. The second kappa shape index (κ2) is 6.06. The summed E-state index contributed by atoms with van der Waals surface area (Å²) in [4.78, 5) is 15.8. The summed E-state index contributed by atoms with van der Waals surface area (Å²) in [6.45, 7) is 3.96. The van der Waals surface area contributed by atoms with Crippen molar-refractivity contribution in [1.82, 2.24) is 10.3 Å². The lowest BCUT2D eigenvalue weighted by atomic mass is 9.98. The molecule has 3 aromatic rings. The Hall–Kier alpha value is -2.55. The summed E-state index contributed by atoms with van der Waals surface area (Å²) in [5, 5.41) is 4.20. The van der Waals surface area contributed by atoms with Crippen LogP contribution in [-0.4, -0.2) is 10.9 Å². The van der Waals surface area contributed by atoms with Gasteiger partial charge in [-0.15, -0.1) is 0 Å². The summed E-state index contributed by atoms with van der Waals surface area (Å²) in [6.07, 6.45) is 1.93. The molecule has 3 nitrogen and oxygen atoms in total. The Morgan fingerprint density at radius 2 is 1.68 bits per heavy atom. The molecular weight excluding hydrogens is 272 g/mol. The fraction of sp³-hybridized carbons (Fsp3) is 0.211. The zero-order valence-electron chi connectivity index (χ0n) is 12.8. The van der Waals surface area contributed by atoms with Crippen LogP contribution >= 0.6 is 0 Å². The monoisotopic (exact) mass is 292 g/mol. The Morgan fingerprint density at radius 3 is 2.45 bits per heavy atom. The van der Waals surface area contributed by atoms with E-state index >= 15 is 0 Å². The Balaban J connectivity index is 1.77. The maximum atomic E-state index is 12.5. The smallest absolute Gasteiger partial charge is 0.227 e. The van der Waals surface area contributed by atoms with E-state index in [1.54, 1.807) is 0 Å². The van der Waals surface area contributed by atoms with Gasteiger partial charge >= 0.3 is 0 Å². The molecular formula is C19H20N2O. The van der Waals surface area contributed by atoms with Crippen molar-refractivity contribution in [2.45, 2.75) is 25.8 Å². The second-order valence-electron chi connectivity index (χ2n) is 5.65. The Morgan fingerprint density at radius 1 is 1.00 bits per heavy atom. The fourth-order valence-electron chi connectivity index (χ4n) is 2.76. The Labute approximate surface area is 130 Å². The molecule has 0 radical (unpaired) electrons. The Kier molecular flexibility index (Phi) is 3.96. The van der Waals surface area contributed by atoms with Crippen molar-refractivity contribution in [3.05, 3.63) is 71.9 Å². The number of rotatable bonds is 4. The number of carbonyl (C=O) groups is 1. The maximum Gasteiger partial charge on any atom is 0.227 e. The van der Waals surface area contributed by atoms with Crippen LogP contribution in [0.5, 0.6) is 0 Å². The first-order chi connectivity index (χ1) is 10.7. The van der Waals surface area contributed by atoms with Gasteiger partial charge in [0.15, 0.2) is 0 Å². The van der Waals surface area contributed by atoms with Gasteiger partial charge in [0.2, 0.25) is 5.91 Å². The van der Waals surface area contributed by atoms with Gasteiger partial charge in [-0.25, -0.2) is 0 Å². The van der Waals surface area contributed by atoms with Gasteiger partial charge in [0.05, 0.1) is 12.0 Å². The van der Waals surface area contributed by atoms with Crippen LogP contribution in [-0.2, 0) is 4.79 Å². The zero-order valence-corrected chi connectivity index (χ0v) is 12.8. The number of aromatic nitrogens is 1. The highest BCUT2D eigenvalue weighted by atomic mass is 16.1. The third-order valence-corrected chi connectivity index (χ3v) is 4.14. The fourth-order valence-corrected chi connectivity index (χ4v) is 2.76. The largest absolute Gasteiger partial charge is 0.361 e. The third-order valence-electron chi connectivity index (χ3n) is 4.14. The first kappa shape index (κ1) is 14.4. The molecule has 2 atom stereocenters. The average molecular weight is 292 g/mol. The molecule has 0 aliphatic rings. The SMILES string of the molecule is CC(NC(=O)C(C)c1c[nH]c2ccccc12)c1ccccc1. The van der Waals surface area contributed by atoms with E-state index in [9.17, 15) is 4.79 Å². The van der Waals surface area contributed by atoms with Gasteiger partial charge in [-0.05, 0) is 31.0 Å². The molecule has 2 N–H and O–H groups in total. The van der Waals surface area contributed by atoms with E-state index in [0.29, 0.717) is 0 Å². The number of para-hydroxylation sites is 1. The molecule has 3 rings (SSSR count). The predicted molar refractivity (Wildman–Crippen MR) is 89.7 cm³/mol. The molecule has 1 amide bonds. The van der Waals surface area contributed by atoms with Crippen LogP contribution < -0.4 is 5.32 Å². The average Bonchev–Trinajstić information content (AvgIpc) is 2.99. The quantitative estimate of drug-likeness (QED) is 0.745. The first-order valence-corrected chi connectivity index (χ1v) is 7.58. The molecule has 0 bridgehead atoms. The van der Waals surface area contributed by atoms with Gasteiger partial charge in [-0.2, -0.15) is 0 Å². The number of aromatic amines is 1. The van der Waals surface area contributed by atoms with Gasteiger partial charge in [0.1, 0.15) is 0 Å². The lowest BCUT2D eigenvalue weighted by molar-refractivity contribution is -0.122. The van der Waals surface area contributed by atoms with Crippen molar-refractivity contribution < 1.29 is 4.79 Å². The number of amides is 1. The number of benzene rings is 2.